The van der Waals surface area contributed by atoms with Crippen LogP contribution in [0.2, 0.25) is 0 Å². The van der Waals surface area contributed by atoms with Gasteiger partial charge in [0.25, 0.3) is 0 Å². The Labute approximate surface area is 72.1 Å². The van der Waals surface area contributed by atoms with E-state index in [4.69, 9.17) is 5.73 Å². The molecule has 0 aromatic heterocycles. The molecule has 66 valence electrons. The summed E-state index contributed by atoms with van der Waals surface area (Å²) >= 11 is 1.85. The minimum Gasteiger partial charge on any atom is -0.369 e. The Hall–Kier alpha value is -0.220. The van der Waals surface area contributed by atoms with Gasteiger partial charge in [-0.15, -0.1) is 0 Å². The van der Waals surface area contributed by atoms with Crippen molar-refractivity contribution >= 4 is 17.7 Å². The van der Waals surface area contributed by atoms with E-state index < -0.39 is 0 Å². The highest BCUT2D eigenvalue weighted by atomic mass is 32.2. The number of rotatable bonds is 6. The minimum absolute atomic E-state index is 0.283. The van der Waals surface area contributed by atoms with Crippen molar-refractivity contribution in [1.29, 1.82) is 0 Å². The van der Waals surface area contributed by atoms with Gasteiger partial charge in [-0.2, -0.15) is 11.8 Å². The molecule has 0 rings (SSSR count). The van der Waals surface area contributed by atoms with Gasteiger partial charge in [0.05, 0.1) is 6.54 Å². The minimum atomic E-state index is -0.293. The van der Waals surface area contributed by atoms with E-state index in [0.717, 1.165) is 11.5 Å². The second-order valence-corrected chi connectivity index (χ2v) is 3.73. The van der Waals surface area contributed by atoms with Gasteiger partial charge in [-0.3, -0.25) is 4.79 Å². The highest BCUT2D eigenvalue weighted by Crippen LogP contribution is 2.00. The molecule has 1 atom stereocenters. The maximum absolute atomic E-state index is 10.3. The summed E-state index contributed by atoms with van der Waals surface area (Å²) in [6.45, 7) is 4.45. The van der Waals surface area contributed by atoms with Gasteiger partial charge in [0.15, 0.2) is 0 Å². The number of primary amides is 1. The molecule has 11 heavy (non-hydrogen) atoms. The van der Waals surface area contributed by atoms with Gasteiger partial charge in [0, 0.05) is 11.8 Å². The third-order valence-electron chi connectivity index (χ3n) is 1.20. The fourth-order valence-corrected chi connectivity index (χ4v) is 1.34. The van der Waals surface area contributed by atoms with Crippen LogP contribution in [0.3, 0.4) is 0 Å². The maximum Gasteiger partial charge on any atom is 0.231 e. The third kappa shape index (κ3) is 7.68. The van der Waals surface area contributed by atoms with Crippen molar-refractivity contribution in [3.05, 3.63) is 0 Å². The van der Waals surface area contributed by atoms with Crippen LogP contribution in [0.25, 0.3) is 0 Å². The summed E-state index contributed by atoms with van der Waals surface area (Å²) in [5.74, 6) is 1.85. The zero-order valence-corrected chi connectivity index (χ0v) is 7.91. The summed E-state index contributed by atoms with van der Waals surface area (Å²) in [6, 6.07) is 0.368. The standard InChI is InChI=1S/C7H16N2OS/c1-3-11-5-6(2)9-4-7(8)10/h6,9H,3-5H2,1-2H3,(H2,8,10). The van der Waals surface area contributed by atoms with Crippen LogP contribution in [-0.2, 0) is 4.79 Å². The Morgan fingerprint density at radius 3 is 2.82 bits per heavy atom. The SMILES string of the molecule is CCSCC(C)NCC(N)=O. The fourth-order valence-electron chi connectivity index (χ4n) is 0.628. The van der Waals surface area contributed by atoms with Gasteiger partial charge in [-0.1, -0.05) is 6.92 Å². The average molecular weight is 176 g/mol. The zero-order chi connectivity index (χ0) is 8.69. The molecule has 0 aliphatic rings. The second-order valence-electron chi connectivity index (χ2n) is 2.41. The summed E-state index contributed by atoms with van der Waals surface area (Å²) in [5.41, 5.74) is 4.96. The molecule has 1 amide bonds. The predicted molar refractivity (Wildman–Crippen MR) is 49.7 cm³/mol. The normalized spacial score (nSPS) is 12.9. The van der Waals surface area contributed by atoms with Crippen molar-refractivity contribution in [2.45, 2.75) is 19.9 Å². The Bertz CT molecular complexity index is 119. The molecule has 0 aliphatic heterocycles. The Balaban J connectivity index is 3.22. The van der Waals surface area contributed by atoms with E-state index >= 15 is 0 Å². The van der Waals surface area contributed by atoms with Crippen LogP contribution in [-0.4, -0.2) is 30.0 Å². The number of hydrogen-bond acceptors (Lipinski definition) is 3. The number of amides is 1. The van der Waals surface area contributed by atoms with Crippen molar-refractivity contribution in [2.75, 3.05) is 18.1 Å². The van der Waals surface area contributed by atoms with Gasteiger partial charge in [-0.05, 0) is 12.7 Å². The molecular formula is C7H16N2OS. The largest absolute Gasteiger partial charge is 0.369 e. The zero-order valence-electron chi connectivity index (χ0n) is 7.09. The lowest BCUT2D eigenvalue weighted by molar-refractivity contribution is -0.117. The Kier molecular flexibility index (Phi) is 6.36. The highest BCUT2D eigenvalue weighted by molar-refractivity contribution is 7.99. The topological polar surface area (TPSA) is 55.1 Å². The number of hydrogen-bond donors (Lipinski definition) is 2. The molecule has 3 N–H and O–H groups in total. The van der Waals surface area contributed by atoms with Crippen molar-refractivity contribution in [3.8, 4) is 0 Å². The summed E-state index contributed by atoms with van der Waals surface area (Å²) in [6.07, 6.45) is 0. The Morgan fingerprint density at radius 2 is 2.36 bits per heavy atom. The molecule has 0 aromatic rings. The molecule has 0 saturated heterocycles. The second kappa shape index (κ2) is 6.49. The van der Waals surface area contributed by atoms with Gasteiger partial charge in [0.2, 0.25) is 5.91 Å². The van der Waals surface area contributed by atoms with E-state index in [1.165, 1.54) is 0 Å². The van der Waals surface area contributed by atoms with E-state index in [1.54, 1.807) is 0 Å². The summed E-state index contributed by atoms with van der Waals surface area (Å²) in [5, 5.41) is 3.02. The van der Waals surface area contributed by atoms with Crippen molar-refractivity contribution < 1.29 is 4.79 Å². The summed E-state index contributed by atoms with van der Waals surface area (Å²) in [4.78, 5) is 10.3. The van der Waals surface area contributed by atoms with Crippen LogP contribution in [0.5, 0.6) is 0 Å². The van der Waals surface area contributed by atoms with Gasteiger partial charge >= 0.3 is 0 Å². The van der Waals surface area contributed by atoms with Crippen LogP contribution in [0.1, 0.15) is 13.8 Å². The molecule has 0 heterocycles. The van der Waals surface area contributed by atoms with Crippen LogP contribution in [0, 0.1) is 0 Å². The average Bonchev–Trinajstić information content (AvgIpc) is 1.97. The van der Waals surface area contributed by atoms with E-state index in [1.807, 2.05) is 18.7 Å². The smallest absolute Gasteiger partial charge is 0.231 e. The molecule has 1 unspecified atom stereocenters. The molecule has 0 bridgehead atoms. The number of carbonyl (C=O) groups excluding carboxylic acids is 1. The lowest BCUT2D eigenvalue weighted by Crippen LogP contribution is -2.36. The molecule has 4 heteroatoms. The van der Waals surface area contributed by atoms with Crippen molar-refractivity contribution in [2.24, 2.45) is 5.73 Å². The molecule has 0 fully saturated rings. The van der Waals surface area contributed by atoms with Crippen molar-refractivity contribution in [1.82, 2.24) is 5.32 Å². The monoisotopic (exact) mass is 176 g/mol. The lowest BCUT2D eigenvalue weighted by atomic mass is 10.4. The highest BCUT2D eigenvalue weighted by Gasteiger charge is 2.01. The van der Waals surface area contributed by atoms with Crippen LogP contribution in [0.4, 0.5) is 0 Å². The quantitative estimate of drug-likeness (QED) is 0.608. The van der Waals surface area contributed by atoms with E-state index in [0.29, 0.717) is 6.04 Å². The summed E-state index contributed by atoms with van der Waals surface area (Å²) < 4.78 is 0. The summed E-state index contributed by atoms with van der Waals surface area (Å²) in [7, 11) is 0. The third-order valence-corrected chi connectivity index (χ3v) is 2.34. The maximum atomic E-state index is 10.3. The first-order valence-corrected chi connectivity index (χ1v) is 4.91. The first-order chi connectivity index (χ1) is 5.16. The first kappa shape index (κ1) is 10.8. The molecule has 0 spiro atoms. The molecule has 0 radical (unpaired) electrons. The van der Waals surface area contributed by atoms with Gasteiger partial charge in [0.1, 0.15) is 0 Å². The van der Waals surface area contributed by atoms with E-state index in [9.17, 15) is 4.79 Å². The Morgan fingerprint density at radius 1 is 1.73 bits per heavy atom. The van der Waals surface area contributed by atoms with Gasteiger partial charge < -0.3 is 11.1 Å². The fraction of sp³-hybridized carbons (Fsp3) is 0.857. The number of nitrogens with one attached hydrogen (secondary N) is 1. The first-order valence-electron chi connectivity index (χ1n) is 3.76. The molecule has 0 saturated carbocycles. The molecular weight excluding hydrogens is 160 g/mol. The van der Waals surface area contributed by atoms with Crippen LogP contribution < -0.4 is 11.1 Å². The molecule has 3 nitrogen and oxygen atoms in total. The lowest BCUT2D eigenvalue weighted by Gasteiger charge is -2.10. The van der Waals surface area contributed by atoms with E-state index in [2.05, 4.69) is 12.2 Å². The van der Waals surface area contributed by atoms with E-state index in [-0.39, 0.29) is 12.5 Å². The van der Waals surface area contributed by atoms with Crippen LogP contribution in [0.15, 0.2) is 0 Å². The van der Waals surface area contributed by atoms with Crippen molar-refractivity contribution in [3.63, 3.8) is 0 Å². The number of nitrogens with two attached hydrogens (primary N) is 1. The predicted octanol–water partition coefficient (Wildman–Crippen LogP) is 0.203. The van der Waals surface area contributed by atoms with Crippen LogP contribution >= 0.6 is 11.8 Å². The van der Waals surface area contributed by atoms with Gasteiger partial charge in [-0.25, -0.2) is 0 Å². The molecule has 0 aromatic carbocycles. The number of carbonyl (C=O) groups is 1. The molecule has 0 aliphatic carbocycles. The number of thioether (sulfide) groups is 1.